The Bertz CT molecular complexity index is 628. The van der Waals surface area contributed by atoms with E-state index in [4.69, 9.17) is 9.47 Å². The molecule has 118 valence electrons. The number of likely N-dealkylation sites (tertiary alicyclic amines) is 1. The van der Waals surface area contributed by atoms with Crippen molar-refractivity contribution in [2.75, 3.05) is 27.4 Å². The van der Waals surface area contributed by atoms with Crippen molar-refractivity contribution in [1.82, 2.24) is 19.9 Å². The molecule has 2 aromatic rings. The number of methoxy groups -OCH3 is 2. The number of nitrogens with one attached hydrogen (secondary N) is 1. The fraction of sp³-hybridized carbons (Fsp3) is 0.500. The summed E-state index contributed by atoms with van der Waals surface area (Å²) in [5.41, 5.74) is 0.439. The molecule has 3 heterocycles. The van der Waals surface area contributed by atoms with E-state index in [-0.39, 0.29) is 18.1 Å². The Morgan fingerprint density at radius 2 is 2.41 bits per heavy atom. The van der Waals surface area contributed by atoms with Crippen LogP contribution in [0.3, 0.4) is 0 Å². The van der Waals surface area contributed by atoms with Gasteiger partial charge in [0.1, 0.15) is 5.69 Å². The number of carbonyl (C=O) groups excluding carboxylic acids is 1. The van der Waals surface area contributed by atoms with Crippen LogP contribution < -0.4 is 0 Å². The zero-order valence-corrected chi connectivity index (χ0v) is 13.3. The van der Waals surface area contributed by atoms with E-state index in [2.05, 4.69) is 15.0 Å². The Morgan fingerprint density at radius 1 is 1.55 bits per heavy atom. The normalized spacial score (nSPS) is 21.5. The van der Waals surface area contributed by atoms with Gasteiger partial charge in [-0.15, -0.1) is 11.3 Å². The number of hydrogen-bond acceptors (Lipinski definition) is 6. The summed E-state index contributed by atoms with van der Waals surface area (Å²) < 4.78 is 10.6. The highest BCUT2D eigenvalue weighted by Crippen LogP contribution is 2.25. The number of carbonyl (C=O) groups is 1. The van der Waals surface area contributed by atoms with Gasteiger partial charge >= 0.3 is 0 Å². The molecule has 2 aromatic heterocycles. The van der Waals surface area contributed by atoms with Crippen molar-refractivity contribution >= 4 is 17.2 Å². The first-order chi connectivity index (χ1) is 10.7. The number of amides is 1. The molecule has 1 aliphatic heterocycles. The second-order valence-corrected chi connectivity index (χ2v) is 5.99. The van der Waals surface area contributed by atoms with E-state index < -0.39 is 0 Å². The maximum atomic E-state index is 12.7. The molecule has 0 saturated carbocycles. The van der Waals surface area contributed by atoms with E-state index in [1.807, 2.05) is 0 Å². The Hall–Kier alpha value is -1.77. The summed E-state index contributed by atoms with van der Waals surface area (Å²) in [4.78, 5) is 26.0. The van der Waals surface area contributed by atoms with Crippen molar-refractivity contribution in [3.8, 4) is 10.8 Å². The summed E-state index contributed by atoms with van der Waals surface area (Å²) in [6, 6.07) is 0.0243. The van der Waals surface area contributed by atoms with Crippen LogP contribution in [-0.2, 0) is 9.47 Å². The van der Waals surface area contributed by atoms with Crippen LogP contribution in [0.1, 0.15) is 16.9 Å². The minimum absolute atomic E-state index is 0.0243. The number of imidazole rings is 1. The average Bonchev–Trinajstić information content (AvgIpc) is 3.26. The van der Waals surface area contributed by atoms with E-state index in [0.29, 0.717) is 29.7 Å². The number of thiazole rings is 1. The van der Waals surface area contributed by atoms with Gasteiger partial charge in [-0.1, -0.05) is 0 Å². The smallest absolute Gasteiger partial charge is 0.273 e. The molecule has 0 aliphatic carbocycles. The summed E-state index contributed by atoms with van der Waals surface area (Å²) in [5, 5.41) is 2.48. The maximum absolute atomic E-state index is 12.7. The molecule has 0 radical (unpaired) electrons. The molecule has 1 saturated heterocycles. The number of hydrogen-bond donors (Lipinski definition) is 1. The Labute approximate surface area is 132 Å². The third kappa shape index (κ3) is 2.90. The van der Waals surface area contributed by atoms with Crippen LogP contribution in [0, 0.1) is 0 Å². The Morgan fingerprint density at radius 3 is 3.09 bits per heavy atom. The molecular weight excluding hydrogens is 304 g/mol. The molecular formula is C14H18N4O3S. The SMILES string of the molecule is COC[C@@H]1C[C@@H](OC)CN1C(=O)c1csc(-c2ncc[nH]2)n1. The van der Waals surface area contributed by atoms with Gasteiger partial charge in [0.25, 0.3) is 5.91 Å². The fourth-order valence-electron chi connectivity index (χ4n) is 2.65. The first kappa shape index (κ1) is 15.1. The Balaban J connectivity index is 1.78. The van der Waals surface area contributed by atoms with Gasteiger partial charge in [-0.25, -0.2) is 9.97 Å². The van der Waals surface area contributed by atoms with Crippen LogP contribution in [0.5, 0.6) is 0 Å². The van der Waals surface area contributed by atoms with E-state index in [0.717, 1.165) is 6.42 Å². The fourth-order valence-corrected chi connectivity index (χ4v) is 3.40. The molecule has 7 nitrogen and oxygen atoms in total. The van der Waals surface area contributed by atoms with Gasteiger partial charge in [-0.3, -0.25) is 4.79 Å². The topological polar surface area (TPSA) is 80.3 Å². The summed E-state index contributed by atoms with van der Waals surface area (Å²) in [7, 11) is 3.31. The van der Waals surface area contributed by atoms with E-state index in [1.54, 1.807) is 36.9 Å². The van der Waals surface area contributed by atoms with Gasteiger partial charge in [0.2, 0.25) is 0 Å². The summed E-state index contributed by atoms with van der Waals surface area (Å²) in [6.45, 7) is 1.07. The zero-order chi connectivity index (χ0) is 15.5. The predicted octanol–water partition coefficient (Wildman–Crippen LogP) is 1.41. The van der Waals surface area contributed by atoms with Gasteiger partial charge in [0, 0.05) is 38.5 Å². The third-order valence-electron chi connectivity index (χ3n) is 3.75. The molecule has 22 heavy (non-hydrogen) atoms. The summed E-state index contributed by atoms with van der Waals surface area (Å²) >= 11 is 1.40. The second kappa shape index (κ2) is 6.55. The van der Waals surface area contributed by atoms with Gasteiger partial charge in [0.05, 0.1) is 18.8 Å². The van der Waals surface area contributed by atoms with Crippen LogP contribution in [0.15, 0.2) is 17.8 Å². The van der Waals surface area contributed by atoms with E-state index >= 15 is 0 Å². The number of aromatic amines is 1. The third-order valence-corrected chi connectivity index (χ3v) is 4.60. The highest BCUT2D eigenvalue weighted by Gasteiger charge is 2.36. The van der Waals surface area contributed by atoms with Gasteiger partial charge in [0.15, 0.2) is 10.8 Å². The first-order valence-electron chi connectivity index (χ1n) is 7.01. The maximum Gasteiger partial charge on any atom is 0.273 e. The monoisotopic (exact) mass is 322 g/mol. The lowest BCUT2D eigenvalue weighted by molar-refractivity contribution is 0.0607. The largest absolute Gasteiger partial charge is 0.383 e. The molecule has 2 atom stereocenters. The number of H-pyrrole nitrogens is 1. The van der Waals surface area contributed by atoms with Crippen molar-refractivity contribution < 1.29 is 14.3 Å². The molecule has 0 unspecified atom stereocenters. The summed E-state index contributed by atoms with van der Waals surface area (Å²) in [6.07, 6.45) is 4.23. The van der Waals surface area contributed by atoms with Crippen molar-refractivity contribution in [2.24, 2.45) is 0 Å². The number of aromatic nitrogens is 3. The standard InChI is InChI=1S/C14H18N4O3S/c1-20-7-9-5-10(21-2)6-18(9)14(19)11-8-22-13(17-11)12-15-3-4-16-12/h3-4,8-10H,5-7H2,1-2H3,(H,15,16)/t9-,10+/m0/s1. The lowest BCUT2D eigenvalue weighted by atomic mass is 10.2. The van der Waals surface area contributed by atoms with Crippen LogP contribution in [0.4, 0.5) is 0 Å². The first-order valence-corrected chi connectivity index (χ1v) is 7.89. The van der Waals surface area contributed by atoms with Crippen LogP contribution in [0.2, 0.25) is 0 Å². The molecule has 0 aromatic carbocycles. The highest BCUT2D eigenvalue weighted by atomic mass is 32.1. The Kier molecular flexibility index (Phi) is 4.51. The minimum atomic E-state index is -0.0874. The molecule has 1 fully saturated rings. The number of rotatable bonds is 5. The average molecular weight is 322 g/mol. The molecule has 1 amide bonds. The van der Waals surface area contributed by atoms with Crippen molar-refractivity contribution in [3.63, 3.8) is 0 Å². The second-order valence-electron chi connectivity index (χ2n) is 5.14. The lowest BCUT2D eigenvalue weighted by Gasteiger charge is -2.22. The zero-order valence-electron chi connectivity index (χ0n) is 12.5. The van der Waals surface area contributed by atoms with E-state index in [9.17, 15) is 4.79 Å². The number of nitrogens with zero attached hydrogens (tertiary/aromatic N) is 3. The molecule has 1 aliphatic rings. The highest BCUT2D eigenvalue weighted by molar-refractivity contribution is 7.13. The van der Waals surface area contributed by atoms with Crippen LogP contribution in [-0.4, -0.2) is 65.3 Å². The van der Waals surface area contributed by atoms with Gasteiger partial charge < -0.3 is 19.4 Å². The van der Waals surface area contributed by atoms with Crippen LogP contribution in [0.25, 0.3) is 10.8 Å². The number of ether oxygens (including phenoxy) is 2. The van der Waals surface area contributed by atoms with Crippen molar-refractivity contribution in [1.29, 1.82) is 0 Å². The lowest BCUT2D eigenvalue weighted by Crippen LogP contribution is -2.38. The van der Waals surface area contributed by atoms with Crippen LogP contribution >= 0.6 is 11.3 Å². The van der Waals surface area contributed by atoms with Crippen molar-refractivity contribution in [3.05, 3.63) is 23.5 Å². The van der Waals surface area contributed by atoms with Gasteiger partial charge in [-0.05, 0) is 6.42 Å². The molecule has 1 N–H and O–H groups in total. The quantitative estimate of drug-likeness (QED) is 0.900. The van der Waals surface area contributed by atoms with E-state index in [1.165, 1.54) is 11.3 Å². The molecule has 0 spiro atoms. The summed E-state index contributed by atoms with van der Waals surface area (Å²) in [5.74, 6) is 0.587. The van der Waals surface area contributed by atoms with Gasteiger partial charge in [-0.2, -0.15) is 0 Å². The van der Waals surface area contributed by atoms with Crippen molar-refractivity contribution in [2.45, 2.75) is 18.6 Å². The minimum Gasteiger partial charge on any atom is -0.383 e. The molecule has 8 heteroatoms. The molecule has 3 rings (SSSR count). The molecule has 0 bridgehead atoms. The predicted molar refractivity (Wildman–Crippen MR) is 81.8 cm³/mol.